The first-order valence-electron chi connectivity index (χ1n) is 7.62. The lowest BCUT2D eigenvalue weighted by atomic mass is 9.92. The Morgan fingerprint density at radius 3 is 2.55 bits per heavy atom. The molecule has 0 radical (unpaired) electrons. The van der Waals surface area contributed by atoms with Crippen molar-refractivity contribution >= 4 is 17.4 Å². The Hall–Kier alpha value is -2.42. The average Bonchev–Trinajstić information content (AvgIpc) is 2.94. The van der Waals surface area contributed by atoms with Gasteiger partial charge >= 0.3 is 0 Å². The molecule has 22 heavy (non-hydrogen) atoms. The molecule has 1 amide bonds. The molecule has 1 N–H and O–H groups in total. The van der Waals surface area contributed by atoms with Gasteiger partial charge in [-0.1, -0.05) is 24.3 Å². The van der Waals surface area contributed by atoms with Crippen LogP contribution >= 0.6 is 0 Å². The number of rotatable bonds is 3. The van der Waals surface area contributed by atoms with Crippen molar-refractivity contribution < 1.29 is 9.59 Å². The molecule has 0 heterocycles. The molecule has 0 aliphatic heterocycles. The number of ketones is 1. The van der Waals surface area contributed by atoms with Crippen LogP contribution in [-0.4, -0.2) is 11.7 Å². The minimum atomic E-state index is -0.108. The highest BCUT2D eigenvalue weighted by atomic mass is 16.1. The summed E-state index contributed by atoms with van der Waals surface area (Å²) in [5, 5.41) is 2.89. The molecule has 112 valence electrons. The number of nitrogens with one attached hydrogen (secondary N) is 1. The van der Waals surface area contributed by atoms with E-state index < -0.39 is 0 Å². The minimum absolute atomic E-state index is 0.108. The van der Waals surface area contributed by atoms with Gasteiger partial charge in [0.2, 0.25) is 0 Å². The second-order valence-corrected chi connectivity index (χ2v) is 5.87. The molecule has 0 saturated heterocycles. The molecule has 3 nitrogen and oxygen atoms in total. The molecule has 2 aromatic rings. The molecule has 1 saturated carbocycles. The number of carbonyl (C=O) groups is 2. The molecule has 3 heteroatoms. The molecular formula is C19H19NO2. The smallest absolute Gasteiger partial charge is 0.255 e. The Morgan fingerprint density at radius 1 is 1.14 bits per heavy atom. The van der Waals surface area contributed by atoms with Crippen LogP contribution in [0.2, 0.25) is 0 Å². The summed E-state index contributed by atoms with van der Waals surface area (Å²) in [5.41, 5.74) is 3.72. The number of aryl methyl sites for hydroxylation is 1. The maximum Gasteiger partial charge on any atom is 0.255 e. The van der Waals surface area contributed by atoms with Gasteiger partial charge in [0, 0.05) is 24.1 Å². The number of carbonyl (C=O) groups excluding carboxylic acids is 2. The van der Waals surface area contributed by atoms with Gasteiger partial charge in [0.15, 0.2) is 0 Å². The summed E-state index contributed by atoms with van der Waals surface area (Å²) in [6.45, 7) is 2.01. The van der Waals surface area contributed by atoms with Crippen LogP contribution in [0, 0.1) is 6.92 Å². The van der Waals surface area contributed by atoms with E-state index in [1.807, 2.05) is 55.5 Å². The highest BCUT2D eigenvalue weighted by Crippen LogP contribution is 2.34. The van der Waals surface area contributed by atoms with Crippen molar-refractivity contribution in [1.82, 2.24) is 0 Å². The zero-order chi connectivity index (χ0) is 15.5. The SMILES string of the molecule is Cc1cc(C(=O)Nc2ccccc2)ccc1[C@H]1CCC(=O)C1. The number of anilines is 1. The zero-order valence-electron chi connectivity index (χ0n) is 12.6. The Labute approximate surface area is 130 Å². The summed E-state index contributed by atoms with van der Waals surface area (Å²) in [7, 11) is 0. The van der Waals surface area contributed by atoms with Gasteiger partial charge < -0.3 is 5.32 Å². The van der Waals surface area contributed by atoms with Crippen LogP contribution in [0.3, 0.4) is 0 Å². The number of amides is 1. The maximum atomic E-state index is 12.3. The zero-order valence-corrected chi connectivity index (χ0v) is 12.6. The van der Waals surface area contributed by atoms with Crippen molar-refractivity contribution in [1.29, 1.82) is 0 Å². The third-order valence-corrected chi connectivity index (χ3v) is 4.25. The molecule has 1 fully saturated rings. The number of Topliss-reactive ketones (excluding diaryl/α,β-unsaturated/α-hetero) is 1. The van der Waals surface area contributed by atoms with E-state index in [-0.39, 0.29) is 5.91 Å². The normalized spacial score (nSPS) is 17.5. The molecule has 0 unspecified atom stereocenters. The maximum absolute atomic E-state index is 12.3. The summed E-state index contributed by atoms with van der Waals surface area (Å²) >= 11 is 0. The predicted molar refractivity (Wildman–Crippen MR) is 87.2 cm³/mol. The summed E-state index contributed by atoms with van der Waals surface area (Å²) in [6.07, 6.45) is 2.24. The van der Waals surface area contributed by atoms with Gasteiger partial charge in [0.1, 0.15) is 5.78 Å². The van der Waals surface area contributed by atoms with E-state index in [0.29, 0.717) is 30.1 Å². The molecule has 1 atom stereocenters. The lowest BCUT2D eigenvalue weighted by Gasteiger charge is -2.14. The van der Waals surface area contributed by atoms with E-state index in [2.05, 4.69) is 5.32 Å². The van der Waals surface area contributed by atoms with Crippen LogP contribution in [0.1, 0.15) is 46.7 Å². The first kappa shape index (κ1) is 14.5. The van der Waals surface area contributed by atoms with Crippen molar-refractivity contribution in [2.24, 2.45) is 0 Å². The summed E-state index contributed by atoms with van der Waals surface area (Å²) in [4.78, 5) is 23.7. The Bertz CT molecular complexity index is 707. The molecule has 2 aromatic carbocycles. The third-order valence-electron chi connectivity index (χ3n) is 4.25. The van der Waals surface area contributed by atoms with Crippen molar-refractivity contribution in [3.8, 4) is 0 Å². The fourth-order valence-corrected chi connectivity index (χ4v) is 3.08. The number of hydrogen-bond donors (Lipinski definition) is 1. The average molecular weight is 293 g/mol. The van der Waals surface area contributed by atoms with E-state index in [1.165, 1.54) is 5.56 Å². The van der Waals surface area contributed by atoms with E-state index in [1.54, 1.807) is 0 Å². The Morgan fingerprint density at radius 2 is 1.91 bits per heavy atom. The van der Waals surface area contributed by atoms with Crippen molar-refractivity contribution in [2.75, 3.05) is 5.32 Å². The van der Waals surface area contributed by atoms with Crippen molar-refractivity contribution in [3.63, 3.8) is 0 Å². The second-order valence-electron chi connectivity index (χ2n) is 5.87. The van der Waals surface area contributed by atoms with E-state index in [4.69, 9.17) is 0 Å². The Kier molecular flexibility index (Phi) is 4.05. The molecular weight excluding hydrogens is 274 g/mol. The standard InChI is InChI=1S/C19H19NO2/c1-13-11-15(19(22)20-16-5-3-2-4-6-16)8-10-18(13)14-7-9-17(21)12-14/h2-6,8,10-11,14H,7,9,12H2,1H3,(H,20,22)/t14-/m0/s1. The molecule has 0 bridgehead atoms. The lowest BCUT2D eigenvalue weighted by Crippen LogP contribution is -2.12. The number of hydrogen-bond acceptors (Lipinski definition) is 2. The quantitative estimate of drug-likeness (QED) is 0.926. The fraction of sp³-hybridized carbons (Fsp3) is 0.263. The first-order valence-corrected chi connectivity index (χ1v) is 7.62. The lowest BCUT2D eigenvalue weighted by molar-refractivity contribution is -0.117. The number of para-hydroxylation sites is 1. The third kappa shape index (κ3) is 3.08. The molecule has 0 aromatic heterocycles. The van der Waals surface area contributed by atoms with Gasteiger partial charge in [-0.25, -0.2) is 0 Å². The summed E-state index contributed by atoms with van der Waals surface area (Å²) in [6, 6.07) is 15.2. The predicted octanol–water partition coefficient (Wildman–Crippen LogP) is 4.08. The number of benzene rings is 2. The fourth-order valence-electron chi connectivity index (χ4n) is 3.08. The van der Waals surface area contributed by atoms with Gasteiger partial charge in [0.25, 0.3) is 5.91 Å². The van der Waals surface area contributed by atoms with Crippen LogP contribution in [0.5, 0.6) is 0 Å². The van der Waals surface area contributed by atoms with Crippen molar-refractivity contribution in [3.05, 3.63) is 65.2 Å². The van der Waals surface area contributed by atoms with Gasteiger partial charge in [0.05, 0.1) is 0 Å². The topological polar surface area (TPSA) is 46.2 Å². The van der Waals surface area contributed by atoms with E-state index in [0.717, 1.165) is 17.7 Å². The molecule has 3 rings (SSSR count). The highest BCUT2D eigenvalue weighted by molar-refractivity contribution is 6.04. The Balaban J connectivity index is 1.77. The first-order chi connectivity index (χ1) is 10.6. The van der Waals surface area contributed by atoms with Crippen LogP contribution in [0.4, 0.5) is 5.69 Å². The van der Waals surface area contributed by atoms with Crippen LogP contribution in [0.25, 0.3) is 0 Å². The van der Waals surface area contributed by atoms with Crippen LogP contribution < -0.4 is 5.32 Å². The van der Waals surface area contributed by atoms with E-state index >= 15 is 0 Å². The monoisotopic (exact) mass is 293 g/mol. The largest absolute Gasteiger partial charge is 0.322 e. The molecule has 1 aliphatic carbocycles. The van der Waals surface area contributed by atoms with Gasteiger partial charge in [-0.2, -0.15) is 0 Å². The van der Waals surface area contributed by atoms with E-state index in [9.17, 15) is 9.59 Å². The van der Waals surface area contributed by atoms with Crippen LogP contribution in [0.15, 0.2) is 48.5 Å². The van der Waals surface area contributed by atoms with Gasteiger partial charge in [-0.3, -0.25) is 9.59 Å². The van der Waals surface area contributed by atoms with Gasteiger partial charge in [-0.15, -0.1) is 0 Å². The molecule has 1 aliphatic rings. The highest BCUT2D eigenvalue weighted by Gasteiger charge is 2.24. The van der Waals surface area contributed by atoms with Crippen LogP contribution in [-0.2, 0) is 4.79 Å². The van der Waals surface area contributed by atoms with Crippen molar-refractivity contribution in [2.45, 2.75) is 32.1 Å². The van der Waals surface area contributed by atoms with Gasteiger partial charge in [-0.05, 0) is 54.7 Å². The summed E-state index contributed by atoms with van der Waals surface area (Å²) in [5.74, 6) is 0.553. The second kappa shape index (κ2) is 6.14. The molecule has 0 spiro atoms. The summed E-state index contributed by atoms with van der Waals surface area (Å²) < 4.78 is 0. The minimum Gasteiger partial charge on any atom is -0.322 e.